The lowest BCUT2D eigenvalue weighted by Gasteiger charge is -1.99. The van der Waals surface area contributed by atoms with Crippen LogP contribution in [0.15, 0.2) is 30.0 Å². The van der Waals surface area contributed by atoms with Crippen LogP contribution in [0.1, 0.15) is 16.9 Å². The van der Waals surface area contributed by atoms with E-state index in [2.05, 4.69) is 21.1 Å². The molecule has 1 aromatic rings. The van der Waals surface area contributed by atoms with E-state index in [0.717, 1.165) is 6.42 Å². The predicted octanol–water partition coefficient (Wildman–Crippen LogP) is 0.951. The number of hydrogen-bond acceptors (Lipinski definition) is 4. The fourth-order valence-electron chi connectivity index (χ4n) is 1.39. The van der Waals surface area contributed by atoms with Gasteiger partial charge in [-0.3, -0.25) is 0 Å². The Morgan fingerprint density at radius 3 is 3.20 bits per heavy atom. The normalized spacial score (nSPS) is 14.1. The average molecular weight is 205 g/mol. The van der Waals surface area contributed by atoms with E-state index in [1.54, 1.807) is 10.9 Å². The van der Waals surface area contributed by atoms with Gasteiger partial charge in [-0.1, -0.05) is 23.4 Å². The maximum Gasteiger partial charge on any atom is 0.360 e. The summed E-state index contributed by atoms with van der Waals surface area (Å²) < 4.78 is 6.17. The van der Waals surface area contributed by atoms with Crippen LogP contribution in [0.2, 0.25) is 0 Å². The highest BCUT2D eigenvalue weighted by molar-refractivity contribution is 5.86. The molecule has 2 rings (SSSR count). The highest BCUT2D eigenvalue weighted by atomic mass is 16.5. The van der Waals surface area contributed by atoms with Crippen molar-refractivity contribution in [3.8, 4) is 0 Å². The van der Waals surface area contributed by atoms with Crippen molar-refractivity contribution in [3.05, 3.63) is 35.7 Å². The molecule has 0 atom stereocenters. The molecule has 0 spiro atoms. The van der Waals surface area contributed by atoms with Gasteiger partial charge in [0.25, 0.3) is 0 Å². The molecule has 0 saturated heterocycles. The molecule has 0 aliphatic heterocycles. The first-order valence-electron chi connectivity index (χ1n) is 4.62. The molecule has 5 heteroatoms. The van der Waals surface area contributed by atoms with Crippen molar-refractivity contribution in [3.63, 3.8) is 0 Å². The summed E-state index contributed by atoms with van der Waals surface area (Å²) in [6.45, 7) is 0.664. The summed E-state index contributed by atoms with van der Waals surface area (Å²) in [5.41, 5.74) is 1.49. The second-order valence-corrected chi connectivity index (χ2v) is 3.25. The maximum absolute atomic E-state index is 11.1. The zero-order valence-electron chi connectivity index (χ0n) is 8.38. The third kappa shape index (κ3) is 2.12. The zero-order chi connectivity index (χ0) is 10.7. The van der Waals surface area contributed by atoms with E-state index >= 15 is 0 Å². The topological polar surface area (TPSA) is 57.0 Å². The summed E-state index contributed by atoms with van der Waals surface area (Å²) in [5.74, 6) is -0.459. The fourth-order valence-corrected chi connectivity index (χ4v) is 1.39. The molecule has 0 aromatic carbocycles. The second-order valence-electron chi connectivity index (χ2n) is 3.25. The van der Waals surface area contributed by atoms with Gasteiger partial charge in [-0.25, -0.2) is 9.48 Å². The molecular weight excluding hydrogens is 194 g/mol. The van der Waals surface area contributed by atoms with Crippen LogP contribution >= 0.6 is 0 Å². The van der Waals surface area contributed by atoms with Crippen LogP contribution in [-0.2, 0) is 11.3 Å². The molecule has 0 unspecified atom stereocenters. The molecule has 0 N–H and O–H groups in total. The van der Waals surface area contributed by atoms with Crippen molar-refractivity contribution in [1.29, 1.82) is 0 Å². The minimum atomic E-state index is -0.459. The maximum atomic E-state index is 11.1. The van der Waals surface area contributed by atoms with Crippen LogP contribution < -0.4 is 0 Å². The van der Waals surface area contributed by atoms with Crippen LogP contribution in [0.25, 0.3) is 0 Å². The molecule has 0 amide bonds. The molecule has 0 bridgehead atoms. The molecule has 1 aromatic heterocycles. The summed E-state index contributed by atoms with van der Waals surface area (Å²) in [5, 5.41) is 7.57. The van der Waals surface area contributed by atoms with E-state index in [-0.39, 0.29) is 5.69 Å². The monoisotopic (exact) mass is 205 g/mol. The summed E-state index contributed by atoms with van der Waals surface area (Å²) >= 11 is 0. The van der Waals surface area contributed by atoms with Crippen LogP contribution in [0, 0.1) is 0 Å². The average Bonchev–Trinajstić information content (AvgIpc) is 2.88. The summed E-state index contributed by atoms with van der Waals surface area (Å²) in [7, 11) is 1.32. The molecule has 78 valence electrons. The van der Waals surface area contributed by atoms with E-state index in [1.165, 1.54) is 12.7 Å². The van der Waals surface area contributed by atoms with Gasteiger partial charge >= 0.3 is 5.97 Å². The van der Waals surface area contributed by atoms with Gasteiger partial charge in [-0.15, -0.1) is 5.10 Å². The van der Waals surface area contributed by atoms with E-state index < -0.39 is 5.97 Å². The Morgan fingerprint density at radius 2 is 2.53 bits per heavy atom. The quantitative estimate of drug-likeness (QED) is 0.689. The Labute approximate surface area is 87.0 Å². The van der Waals surface area contributed by atoms with Crippen molar-refractivity contribution in [2.45, 2.75) is 13.0 Å². The summed E-state index contributed by atoms with van der Waals surface area (Å²) in [6, 6.07) is 0. The Hall–Kier alpha value is -1.91. The minimum Gasteiger partial charge on any atom is -0.464 e. The fraction of sp³-hybridized carbons (Fsp3) is 0.300. The number of esters is 1. The first-order chi connectivity index (χ1) is 7.29. The molecule has 0 saturated carbocycles. The Balaban J connectivity index is 2.04. The van der Waals surface area contributed by atoms with E-state index in [4.69, 9.17) is 0 Å². The number of ether oxygens (including phenoxy) is 1. The van der Waals surface area contributed by atoms with Crippen LogP contribution in [0.5, 0.6) is 0 Å². The third-order valence-electron chi connectivity index (χ3n) is 2.15. The van der Waals surface area contributed by atoms with Crippen LogP contribution in [0.4, 0.5) is 0 Å². The van der Waals surface area contributed by atoms with Crippen LogP contribution in [-0.4, -0.2) is 28.1 Å². The predicted molar refractivity (Wildman–Crippen MR) is 53.2 cm³/mol. The Kier molecular flexibility index (Phi) is 2.62. The lowest BCUT2D eigenvalue weighted by atomic mass is 10.2. The van der Waals surface area contributed by atoms with Gasteiger partial charge in [0.2, 0.25) is 0 Å². The summed E-state index contributed by atoms with van der Waals surface area (Å²) in [6.07, 6.45) is 8.65. The first-order valence-corrected chi connectivity index (χ1v) is 4.62. The van der Waals surface area contributed by atoms with Crippen LogP contribution in [0.3, 0.4) is 0 Å². The summed E-state index contributed by atoms with van der Waals surface area (Å²) in [4.78, 5) is 11.1. The Morgan fingerprint density at radius 1 is 1.67 bits per heavy atom. The first kappa shape index (κ1) is 9.64. The van der Waals surface area contributed by atoms with Gasteiger partial charge in [0.05, 0.1) is 19.9 Å². The zero-order valence-corrected chi connectivity index (χ0v) is 8.38. The number of rotatable bonds is 3. The van der Waals surface area contributed by atoms with Gasteiger partial charge in [0.1, 0.15) is 0 Å². The number of hydrogen-bond donors (Lipinski definition) is 0. The smallest absolute Gasteiger partial charge is 0.360 e. The number of methoxy groups -OCH3 is 1. The van der Waals surface area contributed by atoms with Crippen molar-refractivity contribution < 1.29 is 9.53 Å². The number of allylic oxidation sites excluding steroid dienone is 4. The number of carbonyl (C=O) groups is 1. The molecule has 0 fully saturated rings. The highest BCUT2D eigenvalue weighted by Gasteiger charge is 2.11. The standard InChI is InChI=1S/C10H11N3O2/c1-15-10(14)9-7-13(12-11-9)6-8-4-2-3-5-8/h2-4,7H,5-6H2,1H3. The largest absolute Gasteiger partial charge is 0.464 e. The van der Waals surface area contributed by atoms with E-state index in [1.807, 2.05) is 12.2 Å². The van der Waals surface area contributed by atoms with Crippen molar-refractivity contribution in [2.24, 2.45) is 0 Å². The third-order valence-corrected chi connectivity index (χ3v) is 2.15. The lowest BCUT2D eigenvalue weighted by Crippen LogP contribution is -2.02. The molecule has 1 heterocycles. The highest BCUT2D eigenvalue weighted by Crippen LogP contribution is 2.12. The molecule has 1 aliphatic carbocycles. The second kappa shape index (κ2) is 4.08. The lowest BCUT2D eigenvalue weighted by molar-refractivity contribution is 0.0594. The van der Waals surface area contributed by atoms with E-state index in [0.29, 0.717) is 6.54 Å². The van der Waals surface area contributed by atoms with Gasteiger partial charge in [0, 0.05) is 0 Å². The molecule has 1 aliphatic rings. The Bertz CT molecular complexity index is 432. The van der Waals surface area contributed by atoms with E-state index in [9.17, 15) is 4.79 Å². The minimum absolute atomic E-state index is 0.240. The van der Waals surface area contributed by atoms with Gasteiger partial charge < -0.3 is 4.74 Å². The molecule has 5 nitrogen and oxygen atoms in total. The van der Waals surface area contributed by atoms with Gasteiger partial charge in [-0.2, -0.15) is 0 Å². The van der Waals surface area contributed by atoms with Gasteiger partial charge in [0.15, 0.2) is 5.69 Å². The number of nitrogens with zero attached hydrogens (tertiary/aromatic N) is 3. The van der Waals surface area contributed by atoms with Crippen molar-refractivity contribution in [2.75, 3.05) is 7.11 Å². The molecule has 15 heavy (non-hydrogen) atoms. The van der Waals surface area contributed by atoms with Crippen molar-refractivity contribution in [1.82, 2.24) is 15.0 Å². The van der Waals surface area contributed by atoms with Gasteiger partial charge in [-0.05, 0) is 12.0 Å². The molecular formula is C10H11N3O2. The number of aromatic nitrogens is 3. The number of carbonyl (C=O) groups excluding carboxylic acids is 1. The SMILES string of the molecule is COC(=O)c1cn(CC2=CC=CC2)nn1. The molecule has 0 radical (unpaired) electrons. The van der Waals surface area contributed by atoms with Crippen molar-refractivity contribution >= 4 is 5.97 Å².